The number of thiazole rings is 1. The van der Waals surface area contributed by atoms with Gasteiger partial charge in [0.1, 0.15) is 5.01 Å². The quantitative estimate of drug-likeness (QED) is 0.768. The molecule has 3 rings (SSSR count). The molecule has 0 saturated carbocycles. The molecule has 3 heteroatoms. The van der Waals surface area contributed by atoms with E-state index in [1.807, 2.05) is 11.6 Å². The van der Waals surface area contributed by atoms with Gasteiger partial charge in [-0.2, -0.15) is 0 Å². The minimum Gasteiger partial charge on any atom is -0.302 e. The Bertz CT molecular complexity index is 684. The number of rotatable bonds is 4. The predicted molar refractivity (Wildman–Crippen MR) is 86.2 cm³/mol. The Morgan fingerprint density at radius 1 is 1.05 bits per heavy atom. The van der Waals surface area contributed by atoms with E-state index in [-0.39, 0.29) is 6.04 Å². The molecule has 1 unspecified atom stereocenters. The third kappa shape index (κ3) is 2.60. The molecular formula is C17H18N2S. The van der Waals surface area contributed by atoms with E-state index >= 15 is 0 Å². The van der Waals surface area contributed by atoms with Crippen molar-refractivity contribution < 1.29 is 0 Å². The molecule has 0 bridgehead atoms. The Balaban J connectivity index is 2.14. The summed E-state index contributed by atoms with van der Waals surface area (Å²) >= 11 is 1.70. The molecule has 1 atom stereocenters. The van der Waals surface area contributed by atoms with Crippen LogP contribution < -0.4 is 5.32 Å². The maximum absolute atomic E-state index is 4.51. The Morgan fingerprint density at radius 2 is 1.85 bits per heavy atom. The van der Waals surface area contributed by atoms with Crippen LogP contribution in [0.15, 0.2) is 54.0 Å². The molecule has 0 aliphatic rings. The Hall–Kier alpha value is -1.71. The summed E-state index contributed by atoms with van der Waals surface area (Å²) in [5, 5.41) is 9.37. The lowest BCUT2D eigenvalue weighted by atomic mass is 9.98. The monoisotopic (exact) mass is 282 g/mol. The zero-order chi connectivity index (χ0) is 13.9. The predicted octanol–water partition coefficient (Wildman–Crippen LogP) is 4.38. The van der Waals surface area contributed by atoms with Gasteiger partial charge in [0, 0.05) is 17.6 Å². The van der Waals surface area contributed by atoms with E-state index in [4.69, 9.17) is 0 Å². The first-order valence-corrected chi connectivity index (χ1v) is 7.77. The third-order valence-corrected chi connectivity index (χ3v) is 4.17. The average molecular weight is 282 g/mol. The second kappa shape index (κ2) is 5.73. The molecule has 0 fully saturated rings. The highest BCUT2D eigenvalue weighted by Gasteiger charge is 2.19. The SMILES string of the molecule is CC(C)NC(c1nccs1)c1cccc2ccccc12. The van der Waals surface area contributed by atoms with Crippen LogP contribution in [0.2, 0.25) is 0 Å². The van der Waals surface area contributed by atoms with Crippen LogP contribution in [0.25, 0.3) is 10.8 Å². The van der Waals surface area contributed by atoms with E-state index in [9.17, 15) is 0 Å². The molecule has 2 nitrogen and oxygen atoms in total. The molecule has 0 saturated heterocycles. The van der Waals surface area contributed by atoms with Crippen molar-refractivity contribution in [3.05, 3.63) is 64.6 Å². The van der Waals surface area contributed by atoms with E-state index in [0.717, 1.165) is 5.01 Å². The molecule has 1 heterocycles. The highest BCUT2D eigenvalue weighted by molar-refractivity contribution is 7.09. The molecular weight excluding hydrogens is 264 g/mol. The molecule has 0 aliphatic heterocycles. The van der Waals surface area contributed by atoms with Crippen molar-refractivity contribution in [2.75, 3.05) is 0 Å². The topological polar surface area (TPSA) is 24.9 Å². The van der Waals surface area contributed by atoms with Gasteiger partial charge >= 0.3 is 0 Å². The fourth-order valence-electron chi connectivity index (χ4n) is 2.51. The molecule has 102 valence electrons. The molecule has 0 radical (unpaired) electrons. The Morgan fingerprint density at radius 3 is 2.60 bits per heavy atom. The van der Waals surface area contributed by atoms with Gasteiger partial charge in [0.2, 0.25) is 0 Å². The van der Waals surface area contributed by atoms with Gasteiger partial charge in [-0.15, -0.1) is 11.3 Å². The zero-order valence-electron chi connectivity index (χ0n) is 11.7. The van der Waals surface area contributed by atoms with E-state index in [0.29, 0.717) is 6.04 Å². The highest BCUT2D eigenvalue weighted by Crippen LogP contribution is 2.30. The maximum Gasteiger partial charge on any atom is 0.114 e. The molecule has 2 aromatic carbocycles. The summed E-state index contributed by atoms with van der Waals surface area (Å²) < 4.78 is 0. The fraction of sp³-hybridized carbons (Fsp3) is 0.235. The van der Waals surface area contributed by atoms with Gasteiger partial charge in [-0.25, -0.2) is 4.98 Å². The minimum absolute atomic E-state index is 0.154. The van der Waals surface area contributed by atoms with Crippen molar-refractivity contribution in [2.45, 2.75) is 25.9 Å². The van der Waals surface area contributed by atoms with Crippen LogP contribution in [-0.4, -0.2) is 11.0 Å². The van der Waals surface area contributed by atoms with Crippen molar-refractivity contribution in [1.82, 2.24) is 10.3 Å². The zero-order valence-corrected chi connectivity index (χ0v) is 12.5. The molecule has 1 aromatic heterocycles. The number of nitrogens with zero attached hydrogens (tertiary/aromatic N) is 1. The van der Waals surface area contributed by atoms with Crippen LogP contribution >= 0.6 is 11.3 Å². The van der Waals surface area contributed by atoms with Crippen LogP contribution in [0.4, 0.5) is 0 Å². The first-order chi connectivity index (χ1) is 9.75. The van der Waals surface area contributed by atoms with Gasteiger partial charge < -0.3 is 5.32 Å². The van der Waals surface area contributed by atoms with Gasteiger partial charge in [-0.05, 0) is 30.2 Å². The minimum atomic E-state index is 0.154. The summed E-state index contributed by atoms with van der Waals surface area (Å²) in [5.74, 6) is 0. The highest BCUT2D eigenvalue weighted by atomic mass is 32.1. The first kappa shape index (κ1) is 13.3. The fourth-order valence-corrected chi connectivity index (χ4v) is 3.22. The van der Waals surface area contributed by atoms with Crippen LogP contribution in [0.3, 0.4) is 0 Å². The molecule has 3 aromatic rings. The first-order valence-electron chi connectivity index (χ1n) is 6.89. The van der Waals surface area contributed by atoms with Crippen molar-refractivity contribution in [2.24, 2.45) is 0 Å². The lowest BCUT2D eigenvalue weighted by Gasteiger charge is -2.21. The smallest absolute Gasteiger partial charge is 0.114 e. The van der Waals surface area contributed by atoms with Crippen molar-refractivity contribution in [3.8, 4) is 0 Å². The normalized spacial score (nSPS) is 12.9. The van der Waals surface area contributed by atoms with Crippen LogP contribution in [-0.2, 0) is 0 Å². The Labute approximate surface area is 123 Å². The number of benzene rings is 2. The van der Waals surface area contributed by atoms with E-state index < -0.39 is 0 Å². The van der Waals surface area contributed by atoms with Gasteiger partial charge in [0.25, 0.3) is 0 Å². The molecule has 20 heavy (non-hydrogen) atoms. The van der Waals surface area contributed by atoms with E-state index in [2.05, 4.69) is 66.6 Å². The van der Waals surface area contributed by atoms with E-state index in [1.54, 1.807) is 11.3 Å². The largest absolute Gasteiger partial charge is 0.302 e. The van der Waals surface area contributed by atoms with E-state index in [1.165, 1.54) is 16.3 Å². The third-order valence-electron chi connectivity index (χ3n) is 3.33. The molecule has 0 aliphatic carbocycles. The second-order valence-electron chi connectivity index (χ2n) is 5.19. The summed E-state index contributed by atoms with van der Waals surface area (Å²) in [4.78, 5) is 4.51. The molecule has 1 N–H and O–H groups in total. The number of aromatic nitrogens is 1. The Kier molecular flexibility index (Phi) is 3.81. The van der Waals surface area contributed by atoms with Gasteiger partial charge in [-0.3, -0.25) is 0 Å². The summed E-state index contributed by atoms with van der Waals surface area (Å²) in [5.41, 5.74) is 1.30. The number of hydrogen-bond donors (Lipinski definition) is 1. The molecule has 0 spiro atoms. The van der Waals surface area contributed by atoms with Crippen LogP contribution in [0.5, 0.6) is 0 Å². The summed E-state index contributed by atoms with van der Waals surface area (Å²) in [7, 11) is 0. The van der Waals surface area contributed by atoms with Gasteiger partial charge in [-0.1, -0.05) is 42.5 Å². The van der Waals surface area contributed by atoms with Crippen LogP contribution in [0, 0.1) is 0 Å². The summed E-state index contributed by atoms with van der Waals surface area (Å²) in [6, 6.07) is 15.6. The van der Waals surface area contributed by atoms with Crippen molar-refractivity contribution >= 4 is 22.1 Å². The van der Waals surface area contributed by atoms with Gasteiger partial charge in [0.15, 0.2) is 0 Å². The van der Waals surface area contributed by atoms with Crippen LogP contribution in [0.1, 0.15) is 30.5 Å². The maximum atomic E-state index is 4.51. The standard InChI is InChI=1S/C17H18N2S/c1-12(2)19-16(17-18-10-11-20-17)15-9-5-7-13-6-3-4-8-14(13)15/h3-12,16,19H,1-2H3. The lowest BCUT2D eigenvalue weighted by Crippen LogP contribution is -2.29. The van der Waals surface area contributed by atoms with Gasteiger partial charge in [0.05, 0.1) is 6.04 Å². The summed E-state index contributed by atoms with van der Waals surface area (Å²) in [6.45, 7) is 4.34. The number of nitrogens with one attached hydrogen (secondary N) is 1. The van der Waals surface area contributed by atoms with Crippen molar-refractivity contribution in [1.29, 1.82) is 0 Å². The lowest BCUT2D eigenvalue weighted by molar-refractivity contribution is 0.529. The average Bonchev–Trinajstić information content (AvgIpc) is 2.98. The van der Waals surface area contributed by atoms with Crippen molar-refractivity contribution in [3.63, 3.8) is 0 Å². The number of hydrogen-bond acceptors (Lipinski definition) is 3. The second-order valence-corrected chi connectivity index (χ2v) is 6.12. The summed E-state index contributed by atoms with van der Waals surface area (Å²) in [6.07, 6.45) is 1.88. The molecule has 0 amide bonds. The number of fused-ring (bicyclic) bond motifs is 1.